The molecule has 0 aromatic heterocycles. The molecule has 1 saturated heterocycles. The highest BCUT2D eigenvalue weighted by molar-refractivity contribution is 7.90. The predicted octanol–water partition coefficient (Wildman–Crippen LogP) is 2.87. The lowest BCUT2D eigenvalue weighted by molar-refractivity contribution is -0.140. The van der Waals surface area contributed by atoms with Gasteiger partial charge in [0.25, 0.3) is 5.91 Å². The van der Waals surface area contributed by atoms with E-state index < -0.39 is 10.0 Å². The van der Waals surface area contributed by atoms with Crippen molar-refractivity contribution in [3.8, 4) is 5.75 Å². The van der Waals surface area contributed by atoms with Gasteiger partial charge >= 0.3 is 0 Å². The van der Waals surface area contributed by atoms with Gasteiger partial charge in [-0.15, -0.1) is 0 Å². The Labute approximate surface area is 190 Å². The third-order valence-corrected chi connectivity index (χ3v) is 9.49. The average molecular weight is 463 g/mol. The summed E-state index contributed by atoms with van der Waals surface area (Å²) in [5.74, 6) is 1.11. The molecule has 2 atom stereocenters. The van der Waals surface area contributed by atoms with Crippen LogP contribution in [0.25, 0.3) is 0 Å². The van der Waals surface area contributed by atoms with Gasteiger partial charge in [-0.2, -0.15) is 0 Å². The zero-order valence-electron chi connectivity index (χ0n) is 18.8. The van der Waals surface area contributed by atoms with Gasteiger partial charge in [0, 0.05) is 12.6 Å². The molecular formula is C24H34N2O5S. The zero-order chi connectivity index (χ0) is 22.3. The summed E-state index contributed by atoms with van der Waals surface area (Å²) in [5.41, 5.74) is 2.39. The van der Waals surface area contributed by atoms with E-state index in [9.17, 15) is 13.2 Å². The Morgan fingerprint density at radius 3 is 2.59 bits per heavy atom. The number of fused-ring (bicyclic) bond motifs is 5. The lowest BCUT2D eigenvalue weighted by Crippen LogP contribution is -2.60. The summed E-state index contributed by atoms with van der Waals surface area (Å²) in [6, 6.07) is 5.60. The van der Waals surface area contributed by atoms with Crippen molar-refractivity contribution in [3.05, 3.63) is 29.3 Å². The fourth-order valence-corrected chi connectivity index (χ4v) is 7.16. The van der Waals surface area contributed by atoms with Crippen LogP contribution in [0.15, 0.2) is 18.2 Å². The Morgan fingerprint density at radius 2 is 1.84 bits per heavy atom. The van der Waals surface area contributed by atoms with Crippen LogP contribution in [0.1, 0.15) is 68.4 Å². The third-order valence-electron chi connectivity index (χ3n) is 7.51. The van der Waals surface area contributed by atoms with Gasteiger partial charge in [0.2, 0.25) is 10.0 Å². The van der Waals surface area contributed by atoms with Gasteiger partial charge < -0.3 is 14.4 Å². The molecule has 32 heavy (non-hydrogen) atoms. The molecule has 3 aliphatic heterocycles. The number of aryl methyl sites for hydroxylation is 1. The summed E-state index contributed by atoms with van der Waals surface area (Å²) in [5, 5.41) is -0.275. The summed E-state index contributed by atoms with van der Waals surface area (Å²) < 4.78 is 40.6. The number of sulfonamides is 1. The minimum atomic E-state index is -3.34. The lowest BCUT2D eigenvalue weighted by atomic mass is 9.82. The van der Waals surface area contributed by atoms with Gasteiger partial charge in [0.15, 0.2) is 6.61 Å². The fraction of sp³-hybridized carbons (Fsp3) is 0.708. The number of carbonyl (C=O) groups excluding carboxylic acids is 1. The van der Waals surface area contributed by atoms with E-state index in [1.165, 1.54) is 11.1 Å². The van der Waals surface area contributed by atoms with E-state index in [-0.39, 0.29) is 36.0 Å². The van der Waals surface area contributed by atoms with Gasteiger partial charge in [-0.3, -0.25) is 4.79 Å². The Morgan fingerprint density at radius 1 is 1.06 bits per heavy atom. The SMILES string of the molecule is Cc1ccc2c(c1)C1CCC(CC1)OC[C@H]1C(NS(=O)(=O)C3CC3)CCCN1C(=O)CO2. The van der Waals surface area contributed by atoms with Gasteiger partial charge in [-0.25, -0.2) is 13.1 Å². The van der Waals surface area contributed by atoms with E-state index in [0.717, 1.165) is 57.1 Å². The normalized spacial score (nSPS) is 31.5. The first-order valence-electron chi connectivity index (χ1n) is 12.1. The van der Waals surface area contributed by atoms with E-state index in [2.05, 4.69) is 17.7 Å². The molecule has 8 heteroatoms. The standard InChI is InChI=1S/C24H34N2O5S/c1-16-4-11-23-20(13-16)17-5-7-18(8-6-17)30-14-22-21(25-32(28,29)19-9-10-19)3-2-12-26(22)24(27)15-31-23/h4,11,13,17-19,21-22,25H,2-3,5-10,12,14-15H2,1H3/t17?,18?,21?,22-/m0/s1. The lowest BCUT2D eigenvalue weighted by Gasteiger charge is -2.42. The number of benzene rings is 1. The highest BCUT2D eigenvalue weighted by Crippen LogP contribution is 2.39. The number of rotatable bonds is 3. The molecule has 3 fully saturated rings. The minimum Gasteiger partial charge on any atom is -0.483 e. The second kappa shape index (κ2) is 8.95. The first kappa shape index (κ1) is 22.2. The van der Waals surface area contributed by atoms with Crippen molar-refractivity contribution in [1.29, 1.82) is 0 Å². The summed E-state index contributed by atoms with van der Waals surface area (Å²) in [7, 11) is -3.34. The van der Waals surface area contributed by atoms with Crippen molar-refractivity contribution in [3.63, 3.8) is 0 Å². The molecule has 2 bridgehead atoms. The Kier molecular flexibility index (Phi) is 6.20. The van der Waals surface area contributed by atoms with E-state index in [4.69, 9.17) is 9.47 Å². The van der Waals surface area contributed by atoms with Crippen molar-refractivity contribution < 1.29 is 22.7 Å². The van der Waals surface area contributed by atoms with Crippen LogP contribution < -0.4 is 9.46 Å². The minimum absolute atomic E-state index is 0.0369. The molecule has 1 unspecified atom stereocenters. The van der Waals surface area contributed by atoms with Crippen LogP contribution in [-0.4, -0.2) is 62.4 Å². The van der Waals surface area contributed by atoms with E-state index in [1.807, 2.05) is 12.1 Å². The van der Waals surface area contributed by atoms with E-state index >= 15 is 0 Å². The molecule has 6 rings (SSSR count). The summed E-state index contributed by atoms with van der Waals surface area (Å²) in [4.78, 5) is 15.0. The molecule has 1 N–H and O–H groups in total. The molecule has 0 spiro atoms. The maximum Gasteiger partial charge on any atom is 0.260 e. The zero-order valence-corrected chi connectivity index (χ0v) is 19.6. The van der Waals surface area contributed by atoms with Crippen LogP contribution in [0.5, 0.6) is 5.75 Å². The second-order valence-corrected chi connectivity index (χ2v) is 11.9. The number of ether oxygens (including phenoxy) is 2. The largest absolute Gasteiger partial charge is 0.483 e. The summed E-state index contributed by atoms with van der Waals surface area (Å²) in [6.07, 6.45) is 7.09. The van der Waals surface area contributed by atoms with Crippen molar-refractivity contribution in [2.24, 2.45) is 0 Å². The van der Waals surface area contributed by atoms with Crippen molar-refractivity contribution >= 4 is 15.9 Å². The topological polar surface area (TPSA) is 84.9 Å². The van der Waals surface area contributed by atoms with E-state index in [0.29, 0.717) is 19.1 Å². The first-order valence-corrected chi connectivity index (χ1v) is 13.6. The van der Waals surface area contributed by atoms with Crippen molar-refractivity contribution in [2.75, 3.05) is 19.8 Å². The van der Waals surface area contributed by atoms with Crippen LogP contribution in [-0.2, 0) is 19.6 Å². The van der Waals surface area contributed by atoms with Gasteiger partial charge in [-0.05, 0) is 75.8 Å². The maximum atomic E-state index is 13.2. The molecule has 3 heterocycles. The smallest absolute Gasteiger partial charge is 0.260 e. The van der Waals surface area contributed by atoms with Crippen LogP contribution in [0.4, 0.5) is 0 Å². The van der Waals surface area contributed by atoms with Crippen molar-refractivity contribution in [2.45, 2.75) is 87.6 Å². The highest BCUT2D eigenvalue weighted by atomic mass is 32.2. The Bertz CT molecular complexity index is 953. The molecule has 5 aliphatic rings. The molecule has 0 radical (unpaired) electrons. The Hall–Kier alpha value is -1.64. The van der Waals surface area contributed by atoms with Gasteiger partial charge in [0.1, 0.15) is 5.75 Å². The number of nitrogens with zero attached hydrogens (tertiary/aromatic N) is 1. The molecule has 1 aromatic rings. The number of carbonyl (C=O) groups is 1. The van der Waals surface area contributed by atoms with Crippen LogP contribution in [0.3, 0.4) is 0 Å². The summed E-state index contributed by atoms with van der Waals surface area (Å²) in [6.45, 7) is 3.02. The van der Waals surface area contributed by atoms with Crippen LogP contribution in [0.2, 0.25) is 0 Å². The third kappa shape index (κ3) is 4.68. The highest BCUT2D eigenvalue weighted by Gasteiger charge is 2.42. The molecule has 7 nitrogen and oxygen atoms in total. The first-order chi connectivity index (χ1) is 15.4. The number of hydrogen-bond donors (Lipinski definition) is 1. The Balaban J connectivity index is 1.41. The molecule has 2 aliphatic carbocycles. The number of hydrogen-bond acceptors (Lipinski definition) is 5. The predicted molar refractivity (Wildman–Crippen MR) is 121 cm³/mol. The number of piperidine rings is 1. The van der Waals surface area contributed by atoms with Crippen LogP contribution >= 0.6 is 0 Å². The molecule has 2 saturated carbocycles. The second-order valence-electron chi connectivity index (χ2n) is 9.90. The van der Waals surface area contributed by atoms with Gasteiger partial charge in [-0.1, -0.05) is 17.7 Å². The van der Waals surface area contributed by atoms with Gasteiger partial charge in [0.05, 0.1) is 24.0 Å². The molecule has 176 valence electrons. The quantitative estimate of drug-likeness (QED) is 0.747. The monoisotopic (exact) mass is 462 g/mol. The maximum absolute atomic E-state index is 13.2. The molecular weight excluding hydrogens is 428 g/mol. The van der Waals surface area contributed by atoms with Crippen LogP contribution in [0, 0.1) is 6.92 Å². The summed E-state index contributed by atoms with van der Waals surface area (Å²) >= 11 is 0. The van der Waals surface area contributed by atoms with E-state index in [1.54, 1.807) is 4.90 Å². The molecule has 1 aromatic carbocycles. The number of amides is 1. The average Bonchev–Trinajstić information content (AvgIpc) is 3.63. The van der Waals surface area contributed by atoms with Crippen molar-refractivity contribution in [1.82, 2.24) is 9.62 Å². The molecule has 1 amide bonds. The number of nitrogens with one attached hydrogen (secondary N) is 1. The fourth-order valence-electron chi connectivity index (χ4n) is 5.51.